The molecule has 0 aromatic heterocycles. The SMILES string of the molecule is CCS(=O)(=O)N(C)C1CCN(C(=O)C2CNC2)CC1. The molecule has 0 spiro atoms. The smallest absolute Gasteiger partial charge is 0.228 e. The molecule has 2 fully saturated rings. The van der Waals surface area contributed by atoms with Gasteiger partial charge in [-0.15, -0.1) is 0 Å². The van der Waals surface area contributed by atoms with Crippen molar-refractivity contribution in [3.8, 4) is 0 Å². The minimum Gasteiger partial charge on any atom is -0.342 e. The van der Waals surface area contributed by atoms with Gasteiger partial charge >= 0.3 is 0 Å². The van der Waals surface area contributed by atoms with Crippen LogP contribution in [0.4, 0.5) is 0 Å². The molecule has 0 radical (unpaired) electrons. The second-order valence-electron chi connectivity index (χ2n) is 5.33. The summed E-state index contributed by atoms with van der Waals surface area (Å²) >= 11 is 0. The molecule has 0 aromatic carbocycles. The summed E-state index contributed by atoms with van der Waals surface area (Å²) in [5, 5.41) is 3.10. The monoisotopic (exact) mass is 289 g/mol. The normalized spacial score (nSPS) is 22.6. The Bertz CT molecular complexity index is 426. The molecule has 1 N–H and O–H groups in total. The number of rotatable bonds is 4. The van der Waals surface area contributed by atoms with E-state index in [-0.39, 0.29) is 23.6 Å². The molecule has 7 heteroatoms. The fraction of sp³-hybridized carbons (Fsp3) is 0.917. The zero-order valence-electron chi connectivity index (χ0n) is 11.6. The van der Waals surface area contributed by atoms with E-state index >= 15 is 0 Å². The molecular formula is C12H23N3O3S. The van der Waals surface area contributed by atoms with Gasteiger partial charge in [0.25, 0.3) is 0 Å². The van der Waals surface area contributed by atoms with Crippen LogP contribution in [0.1, 0.15) is 19.8 Å². The molecule has 0 atom stereocenters. The second-order valence-corrected chi connectivity index (χ2v) is 7.65. The standard InChI is InChI=1S/C12H23N3O3S/c1-3-19(17,18)14(2)11-4-6-15(7-5-11)12(16)10-8-13-9-10/h10-11,13H,3-9H2,1-2H3. The topological polar surface area (TPSA) is 69.7 Å². The van der Waals surface area contributed by atoms with Crippen LogP contribution in [0.25, 0.3) is 0 Å². The first-order chi connectivity index (χ1) is 8.95. The molecule has 2 aliphatic rings. The fourth-order valence-electron chi connectivity index (χ4n) is 2.60. The highest BCUT2D eigenvalue weighted by atomic mass is 32.2. The number of hydrogen-bond acceptors (Lipinski definition) is 4. The van der Waals surface area contributed by atoms with Crippen molar-refractivity contribution in [1.82, 2.24) is 14.5 Å². The number of sulfonamides is 1. The Hall–Kier alpha value is -0.660. The lowest BCUT2D eigenvalue weighted by Crippen LogP contribution is -2.55. The average molecular weight is 289 g/mol. The summed E-state index contributed by atoms with van der Waals surface area (Å²) in [4.78, 5) is 13.9. The highest BCUT2D eigenvalue weighted by Crippen LogP contribution is 2.20. The van der Waals surface area contributed by atoms with Crippen molar-refractivity contribution < 1.29 is 13.2 Å². The molecule has 0 aliphatic carbocycles. The van der Waals surface area contributed by atoms with Crippen molar-refractivity contribution >= 4 is 15.9 Å². The Balaban J connectivity index is 1.86. The number of nitrogens with one attached hydrogen (secondary N) is 1. The molecule has 2 rings (SSSR count). The van der Waals surface area contributed by atoms with Crippen LogP contribution in [0.15, 0.2) is 0 Å². The summed E-state index contributed by atoms with van der Waals surface area (Å²) in [6, 6.07) is 0.0357. The number of nitrogens with zero attached hydrogens (tertiary/aromatic N) is 2. The summed E-state index contributed by atoms with van der Waals surface area (Å²) in [6.07, 6.45) is 1.48. The van der Waals surface area contributed by atoms with E-state index in [2.05, 4.69) is 5.32 Å². The first kappa shape index (κ1) is 14.7. The molecule has 2 heterocycles. The van der Waals surface area contributed by atoms with E-state index in [1.54, 1.807) is 14.0 Å². The zero-order valence-corrected chi connectivity index (χ0v) is 12.4. The van der Waals surface area contributed by atoms with Crippen LogP contribution in [0.5, 0.6) is 0 Å². The number of likely N-dealkylation sites (tertiary alicyclic amines) is 1. The molecular weight excluding hydrogens is 266 g/mol. The third-order valence-electron chi connectivity index (χ3n) is 4.22. The Kier molecular flexibility index (Phi) is 4.47. The van der Waals surface area contributed by atoms with E-state index in [1.165, 1.54) is 4.31 Å². The first-order valence-electron chi connectivity index (χ1n) is 6.91. The van der Waals surface area contributed by atoms with Crippen molar-refractivity contribution in [1.29, 1.82) is 0 Å². The van der Waals surface area contributed by atoms with Crippen molar-refractivity contribution in [2.24, 2.45) is 5.92 Å². The number of carbonyl (C=O) groups excluding carboxylic acids is 1. The second kappa shape index (κ2) is 5.76. The highest BCUT2D eigenvalue weighted by Gasteiger charge is 2.34. The first-order valence-corrected chi connectivity index (χ1v) is 8.52. The van der Waals surface area contributed by atoms with E-state index in [1.807, 2.05) is 4.90 Å². The van der Waals surface area contributed by atoms with Gasteiger partial charge in [0.2, 0.25) is 15.9 Å². The molecule has 110 valence electrons. The third kappa shape index (κ3) is 3.09. The van der Waals surface area contributed by atoms with Gasteiger partial charge in [-0.05, 0) is 19.8 Å². The summed E-state index contributed by atoms with van der Waals surface area (Å²) < 4.78 is 25.1. The number of hydrogen-bond donors (Lipinski definition) is 1. The van der Waals surface area contributed by atoms with Gasteiger partial charge in [0.15, 0.2) is 0 Å². The van der Waals surface area contributed by atoms with Gasteiger partial charge in [0.05, 0.1) is 11.7 Å². The van der Waals surface area contributed by atoms with Crippen LogP contribution in [0.2, 0.25) is 0 Å². The Morgan fingerprint density at radius 3 is 2.32 bits per heavy atom. The molecule has 0 aromatic rings. The summed E-state index contributed by atoms with van der Waals surface area (Å²) in [5.41, 5.74) is 0. The largest absolute Gasteiger partial charge is 0.342 e. The molecule has 0 saturated carbocycles. The summed E-state index contributed by atoms with van der Waals surface area (Å²) in [6.45, 7) is 4.56. The van der Waals surface area contributed by atoms with Gasteiger partial charge in [-0.2, -0.15) is 0 Å². The lowest BCUT2D eigenvalue weighted by Gasteiger charge is -2.39. The van der Waals surface area contributed by atoms with E-state index < -0.39 is 10.0 Å². The van der Waals surface area contributed by atoms with Crippen LogP contribution in [0, 0.1) is 5.92 Å². The third-order valence-corrected chi connectivity index (χ3v) is 6.13. The molecule has 1 amide bonds. The highest BCUT2D eigenvalue weighted by molar-refractivity contribution is 7.89. The lowest BCUT2D eigenvalue weighted by molar-refractivity contribution is -0.138. The number of carbonyl (C=O) groups is 1. The van der Waals surface area contributed by atoms with E-state index in [0.29, 0.717) is 13.1 Å². The fourth-order valence-corrected chi connectivity index (χ4v) is 3.67. The maximum Gasteiger partial charge on any atom is 0.228 e. The molecule has 2 saturated heterocycles. The number of piperidine rings is 1. The van der Waals surface area contributed by atoms with Gasteiger partial charge in [-0.3, -0.25) is 4.79 Å². The summed E-state index contributed by atoms with van der Waals surface area (Å²) in [7, 11) is -1.48. The lowest BCUT2D eigenvalue weighted by atomic mass is 9.98. The Morgan fingerprint density at radius 1 is 1.32 bits per heavy atom. The minimum atomic E-state index is -3.13. The maximum atomic E-state index is 12.1. The Morgan fingerprint density at radius 2 is 1.89 bits per heavy atom. The molecule has 0 unspecified atom stereocenters. The van der Waals surface area contributed by atoms with Gasteiger partial charge < -0.3 is 10.2 Å². The van der Waals surface area contributed by atoms with Crippen molar-refractivity contribution in [2.45, 2.75) is 25.8 Å². The molecule has 19 heavy (non-hydrogen) atoms. The summed E-state index contributed by atoms with van der Waals surface area (Å²) in [5.74, 6) is 0.489. The van der Waals surface area contributed by atoms with Gasteiger partial charge in [-0.1, -0.05) is 0 Å². The Labute approximate surface area is 115 Å². The van der Waals surface area contributed by atoms with Gasteiger partial charge in [0.1, 0.15) is 0 Å². The van der Waals surface area contributed by atoms with Crippen molar-refractivity contribution in [3.63, 3.8) is 0 Å². The maximum absolute atomic E-state index is 12.1. The van der Waals surface area contributed by atoms with Crippen LogP contribution in [-0.4, -0.2) is 68.6 Å². The molecule has 0 bridgehead atoms. The molecule has 2 aliphatic heterocycles. The van der Waals surface area contributed by atoms with Crippen LogP contribution in [0.3, 0.4) is 0 Å². The predicted octanol–water partition coefficient (Wildman–Crippen LogP) is -0.522. The number of amides is 1. The van der Waals surface area contributed by atoms with Crippen LogP contribution in [-0.2, 0) is 14.8 Å². The van der Waals surface area contributed by atoms with E-state index in [9.17, 15) is 13.2 Å². The minimum absolute atomic E-state index is 0.0357. The van der Waals surface area contributed by atoms with Crippen molar-refractivity contribution in [3.05, 3.63) is 0 Å². The molecule has 6 nitrogen and oxygen atoms in total. The average Bonchev–Trinajstić information content (AvgIpc) is 2.36. The van der Waals surface area contributed by atoms with E-state index in [4.69, 9.17) is 0 Å². The van der Waals surface area contributed by atoms with Gasteiger partial charge in [0, 0.05) is 39.3 Å². The van der Waals surface area contributed by atoms with Crippen molar-refractivity contribution in [2.75, 3.05) is 39.0 Å². The zero-order chi connectivity index (χ0) is 14.0. The predicted molar refractivity (Wildman–Crippen MR) is 73.2 cm³/mol. The van der Waals surface area contributed by atoms with Crippen LogP contribution < -0.4 is 5.32 Å². The van der Waals surface area contributed by atoms with Crippen LogP contribution >= 0.6 is 0 Å². The van der Waals surface area contributed by atoms with Gasteiger partial charge in [-0.25, -0.2) is 12.7 Å². The quantitative estimate of drug-likeness (QED) is 0.756. The van der Waals surface area contributed by atoms with E-state index in [0.717, 1.165) is 25.9 Å².